The minimum Gasteiger partial charge on any atom is -0.462 e. The largest absolute Gasteiger partial charge is 0.462 e. The van der Waals surface area contributed by atoms with Crippen LogP contribution in [0.3, 0.4) is 0 Å². The number of nitrogens with one attached hydrogen (secondary N) is 2. The first-order valence-electron chi connectivity index (χ1n) is 9.99. The predicted molar refractivity (Wildman–Crippen MR) is 118 cm³/mol. The van der Waals surface area contributed by atoms with Crippen LogP contribution >= 0.6 is 46.1 Å². The van der Waals surface area contributed by atoms with Gasteiger partial charge in [0.1, 0.15) is 11.6 Å². The van der Waals surface area contributed by atoms with Gasteiger partial charge in [0, 0.05) is 11.5 Å². The Balaban J connectivity index is 1.75. The lowest BCUT2D eigenvalue weighted by Crippen LogP contribution is -2.49. The van der Waals surface area contributed by atoms with Crippen LogP contribution in [0.4, 0.5) is 9.80 Å². The van der Waals surface area contributed by atoms with Crippen LogP contribution in [0.25, 0.3) is 0 Å². The van der Waals surface area contributed by atoms with Gasteiger partial charge in [-0.2, -0.15) is 0 Å². The first-order chi connectivity index (χ1) is 14.3. The summed E-state index contributed by atoms with van der Waals surface area (Å²) >= 11 is 19.7. The second kappa shape index (κ2) is 10.6. The average molecular weight is 500 g/mol. The molecule has 1 aliphatic carbocycles. The zero-order valence-electron chi connectivity index (χ0n) is 16.6. The molecular formula is C19H25Cl3N2O5S. The fourth-order valence-electron chi connectivity index (χ4n) is 3.52. The van der Waals surface area contributed by atoms with E-state index in [4.69, 9.17) is 49.0 Å². The minimum atomic E-state index is -1.89. The molecule has 30 heavy (non-hydrogen) atoms. The number of anilines is 1. The topological polar surface area (TPSA) is 85.9 Å². The quantitative estimate of drug-likeness (QED) is 0.318. The fourth-order valence-corrected chi connectivity index (χ4v) is 5.15. The summed E-state index contributed by atoms with van der Waals surface area (Å²) in [5, 5.41) is 6.07. The molecule has 1 aliphatic heterocycles. The second-order valence-electron chi connectivity index (χ2n) is 7.13. The normalized spacial score (nSPS) is 19.7. The molecule has 2 atom stereocenters. The van der Waals surface area contributed by atoms with Crippen LogP contribution in [-0.4, -0.2) is 47.9 Å². The maximum absolute atomic E-state index is 12.6. The van der Waals surface area contributed by atoms with E-state index in [-0.39, 0.29) is 19.3 Å². The molecule has 2 heterocycles. The molecule has 168 valence electrons. The Bertz CT molecular complexity index is 762. The first kappa shape index (κ1) is 23.7. The van der Waals surface area contributed by atoms with E-state index < -0.39 is 22.0 Å². The van der Waals surface area contributed by atoms with Crippen molar-refractivity contribution in [2.24, 2.45) is 0 Å². The summed E-state index contributed by atoms with van der Waals surface area (Å²) in [4.78, 5) is 26.0. The lowest BCUT2D eigenvalue weighted by atomic mass is 9.95. The molecule has 0 aromatic carbocycles. The third-order valence-corrected chi connectivity index (χ3v) is 6.82. The third kappa shape index (κ3) is 6.07. The van der Waals surface area contributed by atoms with E-state index >= 15 is 0 Å². The van der Waals surface area contributed by atoms with E-state index in [0.717, 1.165) is 49.0 Å². The monoisotopic (exact) mass is 498 g/mol. The van der Waals surface area contributed by atoms with Crippen molar-refractivity contribution in [2.45, 2.75) is 61.5 Å². The number of hydrogen-bond acceptors (Lipinski definition) is 7. The van der Waals surface area contributed by atoms with Gasteiger partial charge < -0.3 is 19.5 Å². The Hall–Kier alpha value is -0.930. The Kier molecular flexibility index (Phi) is 8.38. The number of alkyl halides is 3. The molecule has 0 bridgehead atoms. The zero-order valence-corrected chi connectivity index (χ0v) is 19.7. The second-order valence-corrected chi connectivity index (χ2v) is 10.6. The van der Waals surface area contributed by atoms with Crippen molar-refractivity contribution in [2.75, 3.05) is 25.1 Å². The Morgan fingerprint density at radius 2 is 2.00 bits per heavy atom. The van der Waals surface area contributed by atoms with Gasteiger partial charge in [-0.05, 0) is 51.0 Å². The fraction of sp³-hybridized carbons (Fsp3) is 0.684. The van der Waals surface area contributed by atoms with E-state index in [1.54, 1.807) is 6.92 Å². The number of rotatable bonds is 7. The van der Waals surface area contributed by atoms with Gasteiger partial charge in [-0.1, -0.05) is 34.8 Å². The molecule has 3 rings (SSSR count). The Labute approximate surface area is 194 Å². The highest BCUT2D eigenvalue weighted by Crippen LogP contribution is 2.40. The van der Waals surface area contributed by atoms with Crippen LogP contribution in [0.2, 0.25) is 0 Å². The van der Waals surface area contributed by atoms with E-state index in [2.05, 4.69) is 10.6 Å². The molecule has 2 N–H and O–H groups in total. The molecule has 2 aliphatic rings. The highest BCUT2D eigenvalue weighted by molar-refractivity contribution is 7.16. The molecule has 1 aromatic rings. The van der Waals surface area contributed by atoms with Crippen molar-refractivity contribution >= 4 is 63.2 Å². The molecule has 7 nitrogen and oxygen atoms in total. The number of alkyl carbamates (subject to hydrolysis) is 1. The number of thiophene rings is 1. The third-order valence-electron chi connectivity index (χ3n) is 4.94. The first-order valence-corrected chi connectivity index (χ1v) is 11.9. The molecular weight excluding hydrogens is 475 g/mol. The Morgan fingerprint density at radius 1 is 1.23 bits per heavy atom. The van der Waals surface area contributed by atoms with E-state index in [1.807, 2.05) is 0 Å². The standard InChI is InChI=1S/C19H25Cl3N2O5S/c1-2-27-16(25)14-12-7-3-4-8-13(12)30-15(14)23-17(19(20,21)22)24-18(26)29-10-11-6-5-9-28-11/h11,17,23H,2-10H2,1H3,(H,24,26). The van der Waals surface area contributed by atoms with Gasteiger partial charge in [-0.25, -0.2) is 9.59 Å². The molecule has 2 unspecified atom stereocenters. The van der Waals surface area contributed by atoms with E-state index in [0.29, 0.717) is 17.2 Å². The summed E-state index contributed by atoms with van der Waals surface area (Å²) in [5.41, 5.74) is 1.42. The number of halogens is 3. The summed E-state index contributed by atoms with van der Waals surface area (Å²) in [5.74, 6) is -0.427. The van der Waals surface area contributed by atoms with Crippen molar-refractivity contribution < 1.29 is 23.8 Å². The molecule has 0 radical (unpaired) electrons. The van der Waals surface area contributed by atoms with Crippen molar-refractivity contribution in [1.29, 1.82) is 0 Å². The van der Waals surface area contributed by atoms with Gasteiger partial charge in [-0.3, -0.25) is 5.32 Å². The van der Waals surface area contributed by atoms with Crippen LogP contribution in [0.1, 0.15) is 53.4 Å². The summed E-state index contributed by atoms with van der Waals surface area (Å²) in [6, 6.07) is 0. The van der Waals surface area contributed by atoms with Crippen molar-refractivity contribution in [3.8, 4) is 0 Å². The summed E-state index contributed by atoms with van der Waals surface area (Å²) < 4.78 is 14.0. The molecule has 1 aromatic heterocycles. The van der Waals surface area contributed by atoms with Gasteiger partial charge in [0.15, 0.2) is 6.17 Å². The highest BCUT2D eigenvalue weighted by Gasteiger charge is 2.37. The summed E-state index contributed by atoms with van der Waals surface area (Å²) in [7, 11) is 0. The lowest BCUT2D eigenvalue weighted by molar-refractivity contribution is 0.0432. The van der Waals surface area contributed by atoms with Gasteiger partial charge >= 0.3 is 12.1 Å². The van der Waals surface area contributed by atoms with E-state index in [1.165, 1.54) is 11.3 Å². The number of amides is 1. The molecule has 1 fully saturated rings. The molecule has 11 heteroatoms. The zero-order chi connectivity index (χ0) is 21.7. The summed E-state index contributed by atoms with van der Waals surface area (Å²) in [6.07, 6.45) is 3.51. The van der Waals surface area contributed by atoms with Gasteiger partial charge in [0.05, 0.1) is 18.3 Å². The molecule has 1 amide bonds. The van der Waals surface area contributed by atoms with Crippen molar-refractivity contribution in [3.05, 3.63) is 16.0 Å². The predicted octanol–water partition coefficient (Wildman–Crippen LogP) is 4.82. The number of esters is 1. The lowest BCUT2D eigenvalue weighted by Gasteiger charge is -2.27. The molecule has 0 saturated carbocycles. The maximum Gasteiger partial charge on any atom is 0.408 e. The SMILES string of the molecule is CCOC(=O)c1c(NC(NC(=O)OCC2CCCO2)C(Cl)(Cl)Cl)sc2c1CCCC2. The average Bonchev–Trinajstić information content (AvgIpc) is 3.32. The Morgan fingerprint density at radius 3 is 2.67 bits per heavy atom. The minimum absolute atomic E-state index is 0.116. The van der Waals surface area contributed by atoms with Crippen LogP contribution in [0, 0.1) is 0 Å². The van der Waals surface area contributed by atoms with Gasteiger partial charge in [0.2, 0.25) is 3.79 Å². The van der Waals surface area contributed by atoms with Crippen molar-refractivity contribution in [1.82, 2.24) is 5.32 Å². The number of carbonyl (C=O) groups is 2. The molecule has 1 saturated heterocycles. The number of hydrogen-bond donors (Lipinski definition) is 2. The summed E-state index contributed by atoms with van der Waals surface area (Å²) in [6.45, 7) is 2.79. The van der Waals surface area contributed by atoms with Crippen LogP contribution in [0.5, 0.6) is 0 Å². The van der Waals surface area contributed by atoms with Gasteiger partial charge in [-0.15, -0.1) is 11.3 Å². The van der Waals surface area contributed by atoms with Crippen LogP contribution < -0.4 is 10.6 Å². The number of ether oxygens (including phenoxy) is 3. The number of carbonyl (C=O) groups excluding carboxylic acids is 2. The number of fused-ring (bicyclic) bond motifs is 1. The molecule has 0 spiro atoms. The van der Waals surface area contributed by atoms with Crippen molar-refractivity contribution in [3.63, 3.8) is 0 Å². The van der Waals surface area contributed by atoms with Gasteiger partial charge in [0.25, 0.3) is 0 Å². The smallest absolute Gasteiger partial charge is 0.408 e. The highest BCUT2D eigenvalue weighted by atomic mass is 35.6. The van der Waals surface area contributed by atoms with Crippen LogP contribution in [0.15, 0.2) is 0 Å². The number of aryl methyl sites for hydroxylation is 1. The maximum atomic E-state index is 12.6. The van der Waals surface area contributed by atoms with Crippen LogP contribution in [-0.2, 0) is 27.1 Å². The van der Waals surface area contributed by atoms with E-state index in [9.17, 15) is 9.59 Å².